The van der Waals surface area contributed by atoms with Crippen LogP contribution in [0.5, 0.6) is 5.75 Å². The van der Waals surface area contributed by atoms with Gasteiger partial charge >= 0.3 is 5.97 Å². The van der Waals surface area contributed by atoms with E-state index in [4.69, 9.17) is 4.74 Å². The van der Waals surface area contributed by atoms with Crippen LogP contribution in [0.3, 0.4) is 0 Å². The molecule has 7 heteroatoms. The lowest BCUT2D eigenvalue weighted by atomic mass is 9.83. The second-order valence-corrected chi connectivity index (χ2v) is 10.3. The van der Waals surface area contributed by atoms with Gasteiger partial charge in [-0.1, -0.05) is 60.7 Å². The van der Waals surface area contributed by atoms with Crippen LogP contribution in [0.2, 0.25) is 0 Å². The summed E-state index contributed by atoms with van der Waals surface area (Å²) in [6, 6.07) is 26.0. The van der Waals surface area contributed by atoms with Gasteiger partial charge in [0.05, 0.1) is 23.6 Å². The maximum Gasteiger partial charge on any atom is 0.308 e. The van der Waals surface area contributed by atoms with Gasteiger partial charge in [0.1, 0.15) is 11.8 Å². The molecule has 0 N–H and O–H groups in total. The Morgan fingerprint density at radius 3 is 2.27 bits per heavy atom. The number of ether oxygens (including phenoxy) is 1. The van der Waals surface area contributed by atoms with Crippen molar-refractivity contribution in [3.63, 3.8) is 0 Å². The number of rotatable bonds is 4. The topological polar surface area (TPSA) is 84.0 Å². The molecule has 0 unspecified atom stereocenters. The van der Waals surface area contributed by atoms with Crippen molar-refractivity contribution in [3.8, 4) is 5.75 Å². The van der Waals surface area contributed by atoms with Crippen molar-refractivity contribution in [2.45, 2.75) is 19.0 Å². The van der Waals surface area contributed by atoms with Crippen molar-refractivity contribution in [2.75, 3.05) is 4.90 Å². The highest BCUT2D eigenvalue weighted by Crippen LogP contribution is 2.54. The van der Waals surface area contributed by atoms with Gasteiger partial charge in [0.2, 0.25) is 11.8 Å². The highest BCUT2D eigenvalue weighted by atomic mass is 16.5. The zero-order chi connectivity index (χ0) is 27.5. The fourth-order valence-corrected chi connectivity index (χ4v) is 6.52. The molecule has 4 aromatic rings. The number of ketones is 1. The molecule has 2 saturated heterocycles. The molecule has 7 rings (SSSR count). The molecule has 3 heterocycles. The van der Waals surface area contributed by atoms with E-state index in [0.29, 0.717) is 17.0 Å². The van der Waals surface area contributed by atoms with Gasteiger partial charge in [-0.2, -0.15) is 0 Å². The molecule has 0 bridgehead atoms. The number of nitrogens with zero attached hydrogens (tertiary/aromatic N) is 2. The normalized spacial score (nSPS) is 22.7. The number of anilines is 1. The van der Waals surface area contributed by atoms with Gasteiger partial charge in [0.15, 0.2) is 5.78 Å². The molecule has 0 saturated carbocycles. The number of esters is 1. The van der Waals surface area contributed by atoms with Crippen molar-refractivity contribution < 1.29 is 23.9 Å². The van der Waals surface area contributed by atoms with Crippen LogP contribution >= 0.6 is 0 Å². The van der Waals surface area contributed by atoms with E-state index in [1.54, 1.807) is 30.3 Å². The number of fused-ring (bicyclic) bond motifs is 6. The summed E-state index contributed by atoms with van der Waals surface area (Å²) in [5.41, 5.74) is 2.79. The molecule has 7 nitrogen and oxygen atoms in total. The summed E-state index contributed by atoms with van der Waals surface area (Å²) in [5, 5.41) is 1.72. The maximum absolute atomic E-state index is 14.3. The van der Waals surface area contributed by atoms with Crippen LogP contribution in [0, 0.1) is 11.8 Å². The smallest absolute Gasteiger partial charge is 0.308 e. The average Bonchev–Trinajstić information content (AvgIpc) is 3.44. The molecule has 40 heavy (non-hydrogen) atoms. The fourth-order valence-electron chi connectivity index (χ4n) is 6.52. The zero-order valence-corrected chi connectivity index (χ0v) is 21.6. The first kappa shape index (κ1) is 24.0. The molecule has 4 atom stereocenters. The Balaban J connectivity index is 1.35. The SMILES string of the molecule is CC(=O)Oc1ccc(C(=O)[C@@H]2[C@@H]3C(=O)N(c4cccc5ccccc45)C(=O)[C@H]3[C@H]3c4ccccc4C=CN23)cc1. The van der Waals surface area contributed by atoms with Gasteiger partial charge in [-0.05, 0) is 52.9 Å². The number of imide groups is 1. The number of Topliss-reactive ketones (excluding diaryl/α,β-unsaturated/α-hetero) is 1. The maximum atomic E-state index is 14.3. The van der Waals surface area contributed by atoms with Crippen molar-refractivity contribution in [1.29, 1.82) is 0 Å². The molecule has 4 aromatic carbocycles. The Bertz CT molecular complexity index is 1750. The zero-order valence-electron chi connectivity index (χ0n) is 21.6. The lowest BCUT2D eigenvalue weighted by Gasteiger charge is -2.35. The minimum absolute atomic E-state index is 0.267. The van der Waals surface area contributed by atoms with E-state index in [1.165, 1.54) is 11.8 Å². The average molecular weight is 529 g/mol. The second-order valence-electron chi connectivity index (χ2n) is 10.3. The Hall–Kier alpha value is -5.04. The quantitative estimate of drug-likeness (QED) is 0.157. The first-order valence-corrected chi connectivity index (χ1v) is 13.2. The van der Waals surface area contributed by atoms with E-state index in [0.717, 1.165) is 21.9 Å². The summed E-state index contributed by atoms with van der Waals surface area (Å²) in [6.07, 6.45) is 3.76. The standard InChI is InChI=1S/C33H24N2O5/c1-19(36)40-23-15-13-22(14-16-23)31(37)30-28-27(29-25-11-5-3-8-21(25)17-18-34(29)30)32(38)35(33(28)39)26-12-6-9-20-7-2-4-10-24(20)26/h2-18,27-30H,1H3/t27-,28-,29-,30+/m1/s1. The lowest BCUT2D eigenvalue weighted by Crippen LogP contribution is -2.44. The van der Waals surface area contributed by atoms with Gasteiger partial charge in [0.25, 0.3) is 0 Å². The summed E-state index contributed by atoms with van der Waals surface area (Å²) in [4.78, 5) is 57.2. The Morgan fingerprint density at radius 1 is 0.775 bits per heavy atom. The molecule has 3 aliphatic rings. The minimum atomic E-state index is -0.879. The summed E-state index contributed by atoms with van der Waals surface area (Å²) >= 11 is 0. The number of amides is 2. The molecule has 196 valence electrons. The predicted molar refractivity (Wildman–Crippen MR) is 149 cm³/mol. The van der Waals surface area contributed by atoms with Gasteiger partial charge in [-0.3, -0.25) is 19.2 Å². The molecular weight excluding hydrogens is 504 g/mol. The molecule has 2 fully saturated rings. The molecule has 0 radical (unpaired) electrons. The minimum Gasteiger partial charge on any atom is -0.427 e. The number of benzene rings is 4. The first-order chi connectivity index (χ1) is 19.4. The molecule has 0 aromatic heterocycles. The van der Waals surface area contributed by atoms with Crippen molar-refractivity contribution in [2.24, 2.45) is 11.8 Å². The third-order valence-corrected chi connectivity index (χ3v) is 8.14. The molecular formula is C33H24N2O5. The summed E-state index contributed by atoms with van der Waals surface area (Å²) in [5.74, 6) is -2.67. The lowest BCUT2D eigenvalue weighted by molar-refractivity contribution is -0.132. The Morgan fingerprint density at radius 2 is 1.48 bits per heavy atom. The summed E-state index contributed by atoms with van der Waals surface area (Å²) in [6.45, 7) is 1.31. The van der Waals surface area contributed by atoms with Crippen LogP contribution in [0.15, 0.2) is 97.2 Å². The third kappa shape index (κ3) is 3.51. The van der Waals surface area contributed by atoms with Crippen LogP contribution < -0.4 is 9.64 Å². The largest absolute Gasteiger partial charge is 0.427 e. The molecule has 3 aliphatic heterocycles. The van der Waals surface area contributed by atoms with Crippen LogP contribution in [-0.2, 0) is 14.4 Å². The number of carbonyl (C=O) groups is 4. The van der Waals surface area contributed by atoms with Crippen LogP contribution in [-0.4, -0.2) is 34.5 Å². The van der Waals surface area contributed by atoms with Crippen molar-refractivity contribution >= 4 is 46.1 Å². The fraction of sp³-hybridized carbons (Fsp3) is 0.152. The van der Waals surface area contributed by atoms with E-state index >= 15 is 0 Å². The van der Waals surface area contributed by atoms with Gasteiger partial charge in [0, 0.05) is 24.1 Å². The van der Waals surface area contributed by atoms with Gasteiger partial charge in [-0.25, -0.2) is 4.90 Å². The van der Waals surface area contributed by atoms with E-state index in [2.05, 4.69) is 0 Å². The number of hydrogen-bond acceptors (Lipinski definition) is 6. The summed E-state index contributed by atoms with van der Waals surface area (Å²) in [7, 11) is 0. The number of hydrogen-bond donors (Lipinski definition) is 0. The summed E-state index contributed by atoms with van der Waals surface area (Å²) < 4.78 is 5.12. The van der Waals surface area contributed by atoms with Gasteiger partial charge < -0.3 is 9.64 Å². The third-order valence-electron chi connectivity index (χ3n) is 8.14. The van der Waals surface area contributed by atoms with Crippen LogP contribution in [0.25, 0.3) is 16.8 Å². The van der Waals surface area contributed by atoms with E-state index in [1.807, 2.05) is 77.8 Å². The number of carbonyl (C=O) groups excluding carboxylic acids is 4. The predicted octanol–water partition coefficient (Wildman–Crippen LogP) is 5.16. The molecule has 2 amide bonds. The highest BCUT2D eigenvalue weighted by molar-refractivity contribution is 6.27. The van der Waals surface area contributed by atoms with E-state index in [-0.39, 0.29) is 17.6 Å². The van der Waals surface area contributed by atoms with E-state index in [9.17, 15) is 19.2 Å². The van der Waals surface area contributed by atoms with E-state index < -0.39 is 29.9 Å². The molecule has 0 aliphatic carbocycles. The first-order valence-electron chi connectivity index (χ1n) is 13.2. The monoisotopic (exact) mass is 528 g/mol. The Kier molecular flexibility index (Phi) is 5.42. The van der Waals surface area contributed by atoms with Crippen LogP contribution in [0.4, 0.5) is 5.69 Å². The Labute approximate surface area is 230 Å². The second kappa shape index (κ2) is 9.02. The highest BCUT2D eigenvalue weighted by Gasteiger charge is 2.64. The van der Waals surface area contributed by atoms with Crippen molar-refractivity contribution in [3.05, 3.63) is 114 Å². The molecule has 0 spiro atoms. The van der Waals surface area contributed by atoms with Crippen molar-refractivity contribution in [1.82, 2.24) is 4.90 Å². The van der Waals surface area contributed by atoms with Gasteiger partial charge in [-0.15, -0.1) is 0 Å². The van der Waals surface area contributed by atoms with Crippen LogP contribution in [0.1, 0.15) is 34.5 Å².